The number of carbonyl (C=O) groups is 2. The highest BCUT2D eigenvalue weighted by molar-refractivity contribution is 6.30. The van der Waals surface area contributed by atoms with Crippen LogP contribution in [-0.2, 0) is 9.59 Å². The Bertz CT molecular complexity index is 950. The van der Waals surface area contributed by atoms with Gasteiger partial charge in [0.05, 0.1) is 6.10 Å². The summed E-state index contributed by atoms with van der Waals surface area (Å²) in [7, 11) is 0. The molecule has 3 atom stereocenters. The minimum absolute atomic E-state index is 0.198. The first kappa shape index (κ1) is 25.0. The standard InChI is InChI=1S/C25H30ClNO6/c1-2-25(23(29)30,24(31)32)33-21-11-9-16(10-12-21)17-5-4-8-20(14-17)27-15-22(28)18-6-3-7-19(26)13-18/h3,6-7,9-13,17,20,22,27-28H,2,4-5,8,14-15H2,1H3,(H,29,30)(H,31,32)/t17?,20?,22-/m0/s1. The molecule has 0 amide bonds. The molecular formula is C25H30ClNO6. The number of hydrogen-bond donors (Lipinski definition) is 4. The molecule has 0 heterocycles. The second-order valence-electron chi connectivity index (χ2n) is 8.50. The molecule has 0 aromatic heterocycles. The van der Waals surface area contributed by atoms with Gasteiger partial charge in [0.25, 0.3) is 5.60 Å². The average Bonchev–Trinajstić information content (AvgIpc) is 2.81. The maximum absolute atomic E-state index is 11.5. The molecule has 3 rings (SSSR count). The molecule has 33 heavy (non-hydrogen) atoms. The van der Waals surface area contributed by atoms with Crippen LogP contribution in [0, 0.1) is 0 Å². The van der Waals surface area contributed by atoms with Crippen molar-refractivity contribution >= 4 is 23.5 Å². The molecule has 2 unspecified atom stereocenters. The summed E-state index contributed by atoms with van der Waals surface area (Å²) in [6.07, 6.45) is 3.17. The quantitative estimate of drug-likeness (QED) is 0.376. The molecule has 0 spiro atoms. The van der Waals surface area contributed by atoms with Crippen LogP contribution in [0.1, 0.15) is 62.2 Å². The smallest absolute Gasteiger partial charge is 0.360 e. The van der Waals surface area contributed by atoms with Crippen molar-refractivity contribution in [3.8, 4) is 5.75 Å². The van der Waals surface area contributed by atoms with E-state index in [4.69, 9.17) is 16.3 Å². The number of halogens is 1. The minimum atomic E-state index is -2.30. The van der Waals surface area contributed by atoms with Crippen LogP contribution in [0.15, 0.2) is 48.5 Å². The van der Waals surface area contributed by atoms with Gasteiger partial charge in [0.15, 0.2) is 0 Å². The van der Waals surface area contributed by atoms with Crippen LogP contribution in [-0.4, -0.2) is 45.4 Å². The summed E-state index contributed by atoms with van der Waals surface area (Å²) in [6, 6.07) is 14.5. The molecule has 4 N–H and O–H groups in total. The topological polar surface area (TPSA) is 116 Å². The second kappa shape index (κ2) is 11.0. The fourth-order valence-electron chi connectivity index (χ4n) is 4.35. The number of aliphatic hydroxyl groups is 1. The fourth-order valence-corrected chi connectivity index (χ4v) is 4.55. The van der Waals surface area contributed by atoms with Gasteiger partial charge in [-0.2, -0.15) is 0 Å². The highest BCUT2D eigenvalue weighted by Crippen LogP contribution is 2.34. The van der Waals surface area contributed by atoms with E-state index in [1.54, 1.807) is 24.3 Å². The zero-order valence-corrected chi connectivity index (χ0v) is 19.3. The minimum Gasteiger partial charge on any atom is -0.478 e. The van der Waals surface area contributed by atoms with Crippen molar-refractivity contribution in [3.05, 3.63) is 64.7 Å². The lowest BCUT2D eigenvalue weighted by atomic mass is 9.81. The zero-order valence-electron chi connectivity index (χ0n) is 18.5. The van der Waals surface area contributed by atoms with Crippen molar-refractivity contribution in [3.63, 3.8) is 0 Å². The summed E-state index contributed by atoms with van der Waals surface area (Å²) >= 11 is 6.01. The molecule has 2 aromatic rings. The lowest BCUT2D eigenvalue weighted by molar-refractivity contribution is -0.172. The fraction of sp³-hybridized carbons (Fsp3) is 0.440. The summed E-state index contributed by atoms with van der Waals surface area (Å²) < 4.78 is 5.40. The molecule has 0 saturated heterocycles. The van der Waals surface area contributed by atoms with Crippen LogP contribution >= 0.6 is 11.6 Å². The number of aliphatic carboxylic acids is 2. The highest BCUT2D eigenvalue weighted by atomic mass is 35.5. The third-order valence-electron chi connectivity index (χ3n) is 6.34. The van der Waals surface area contributed by atoms with E-state index < -0.39 is 23.6 Å². The Labute approximate surface area is 198 Å². The van der Waals surface area contributed by atoms with E-state index in [1.165, 1.54) is 6.92 Å². The van der Waals surface area contributed by atoms with Gasteiger partial charge in [0.1, 0.15) is 5.75 Å². The van der Waals surface area contributed by atoms with Crippen molar-refractivity contribution in [1.29, 1.82) is 0 Å². The Morgan fingerprint density at radius 1 is 1.15 bits per heavy atom. The summed E-state index contributed by atoms with van der Waals surface area (Å²) in [5.74, 6) is -2.53. The lowest BCUT2D eigenvalue weighted by Crippen LogP contribution is -2.51. The number of carboxylic acid groups (broad SMARTS) is 2. The van der Waals surface area contributed by atoms with Crippen LogP contribution in [0.3, 0.4) is 0 Å². The molecule has 178 valence electrons. The summed E-state index contributed by atoms with van der Waals surface area (Å²) in [4.78, 5) is 23.1. The van der Waals surface area contributed by atoms with Gasteiger partial charge in [-0.1, -0.05) is 49.2 Å². The van der Waals surface area contributed by atoms with Gasteiger partial charge in [-0.3, -0.25) is 0 Å². The van der Waals surface area contributed by atoms with E-state index in [0.717, 1.165) is 36.8 Å². The van der Waals surface area contributed by atoms with E-state index in [9.17, 15) is 24.9 Å². The van der Waals surface area contributed by atoms with E-state index in [0.29, 0.717) is 17.5 Å². The van der Waals surface area contributed by atoms with Gasteiger partial charge < -0.3 is 25.4 Å². The first-order chi connectivity index (χ1) is 15.7. The lowest BCUT2D eigenvalue weighted by Gasteiger charge is -2.31. The molecular weight excluding hydrogens is 446 g/mol. The summed E-state index contributed by atoms with van der Waals surface area (Å²) in [6.45, 7) is 1.91. The molecule has 0 aliphatic heterocycles. The van der Waals surface area contributed by atoms with Crippen molar-refractivity contribution < 1.29 is 29.6 Å². The van der Waals surface area contributed by atoms with Crippen LogP contribution in [0.2, 0.25) is 5.02 Å². The Hall–Kier alpha value is -2.61. The predicted molar refractivity (Wildman–Crippen MR) is 125 cm³/mol. The third-order valence-corrected chi connectivity index (χ3v) is 6.58. The van der Waals surface area contributed by atoms with Gasteiger partial charge in [0, 0.05) is 24.0 Å². The zero-order chi connectivity index (χ0) is 24.0. The van der Waals surface area contributed by atoms with Crippen molar-refractivity contribution in [1.82, 2.24) is 5.32 Å². The van der Waals surface area contributed by atoms with Gasteiger partial charge in [0.2, 0.25) is 0 Å². The molecule has 1 aliphatic carbocycles. The van der Waals surface area contributed by atoms with E-state index in [2.05, 4.69) is 5.32 Å². The molecule has 0 radical (unpaired) electrons. The van der Waals surface area contributed by atoms with Crippen LogP contribution < -0.4 is 10.1 Å². The van der Waals surface area contributed by atoms with Crippen LogP contribution in [0.4, 0.5) is 0 Å². The molecule has 1 saturated carbocycles. The van der Waals surface area contributed by atoms with Crippen molar-refractivity contribution in [2.75, 3.05) is 6.54 Å². The average molecular weight is 476 g/mol. The monoisotopic (exact) mass is 475 g/mol. The maximum Gasteiger partial charge on any atom is 0.360 e. The number of hydrogen-bond acceptors (Lipinski definition) is 5. The second-order valence-corrected chi connectivity index (χ2v) is 8.94. The first-order valence-corrected chi connectivity index (χ1v) is 11.6. The Kier molecular flexibility index (Phi) is 8.35. The Morgan fingerprint density at radius 2 is 1.85 bits per heavy atom. The predicted octanol–water partition coefficient (Wildman–Crippen LogP) is 4.39. The number of ether oxygens (including phenoxy) is 1. The Balaban J connectivity index is 1.59. The van der Waals surface area contributed by atoms with E-state index in [-0.39, 0.29) is 18.2 Å². The number of carboxylic acids is 2. The SMILES string of the molecule is CCC(Oc1ccc(C2CCCC(NC[C@H](O)c3cccc(Cl)c3)C2)cc1)(C(=O)O)C(=O)O. The molecule has 0 bridgehead atoms. The highest BCUT2D eigenvalue weighted by Gasteiger charge is 2.48. The van der Waals surface area contributed by atoms with Crippen LogP contribution in [0.5, 0.6) is 5.75 Å². The number of benzene rings is 2. The number of nitrogens with one attached hydrogen (secondary N) is 1. The first-order valence-electron chi connectivity index (χ1n) is 11.2. The molecule has 7 nitrogen and oxygen atoms in total. The Morgan fingerprint density at radius 3 is 2.45 bits per heavy atom. The van der Waals surface area contributed by atoms with Gasteiger partial charge in [-0.15, -0.1) is 0 Å². The van der Waals surface area contributed by atoms with Gasteiger partial charge in [-0.05, 0) is 60.6 Å². The van der Waals surface area contributed by atoms with E-state index in [1.807, 2.05) is 24.3 Å². The summed E-state index contributed by atoms with van der Waals surface area (Å²) in [5, 5.41) is 33.3. The molecule has 1 fully saturated rings. The molecule has 1 aliphatic rings. The molecule has 8 heteroatoms. The van der Waals surface area contributed by atoms with E-state index >= 15 is 0 Å². The van der Waals surface area contributed by atoms with Crippen LogP contribution in [0.25, 0.3) is 0 Å². The number of rotatable bonds is 10. The maximum atomic E-state index is 11.5. The normalized spacial score (nSPS) is 19.6. The van der Waals surface area contributed by atoms with Gasteiger partial charge in [-0.25, -0.2) is 9.59 Å². The third kappa shape index (κ3) is 6.05. The summed E-state index contributed by atoms with van der Waals surface area (Å²) in [5.41, 5.74) is -0.425. The largest absolute Gasteiger partial charge is 0.478 e. The van der Waals surface area contributed by atoms with Crippen molar-refractivity contribution in [2.45, 2.75) is 62.7 Å². The number of aliphatic hydroxyl groups excluding tert-OH is 1. The van der Waals surface area contributed by atoms with Gasteiger partial charge >= 0.3 is 11.9 Å². The van der Waals surface area contributed by atoms with Crippen molar-refractivity contribution in [2.24, 2.45) is 0 Å². The molecule has 2 aromatic carbocycles.